The van der Waals surface area contributed by atoms with Crippen LogP contribution in [0.2, 0.25) is 0 Å². The number of hydrogen-bond acceptors (Lipinski definition) is 10. The molecule has 0 spiro atoms. The van der Waals surface area contributed by atoms with E-state index in [4.69, 9.17) is 18.9 Å². The van der Waals surface area contributed by atoms with Crippen LogP contribution < -0.4 is 0 Å². The Morgan fingerprint density at radius 2 is 0.968 bits per heavy atom. The third kappa shape index (κ3) is 33.5. The molecule has 0 saturated carbocycles. The summed E-state index contributed by atoms with van der Waals surface area (Å²) in [5.41, 5.74) is 0. The maximum Gasteiger partial charge on any atom is 0.306 e. The molecule has 10 heteroatoms. The van der Waals surface area contributed by atoms with Crippen molar-refractivity contribution in [1.29, 1.82) is 0 Å². The van der Waals surface area contributed by atoms with Gasteiger partial charge in [0.05, 0.1) is 13.2 Å². The van der Waals surface area contributed by atoms with E-state index in [1.165, 1.54) is 25.7 Å². The monoisotopic (exact) mass is 881 g/mol. The van der Waals surface area contributed by atoms with Crippen molar-refractivity contribution in [2.45, 2.75) is 192 Å². The van der Waals surface area contributed by atoms with Crippen LogP contribution in [0.1, 0.15) is 155 Å². The molecule has 356 valence electrons. The molecule has 0 aliphatic carbocycles. The van der Waals surface area contributed by atoms with Gasteiger partial charge in [0.2, 0.25) is 0 Å². The fraction of sp³-hybridized carbons (Fsp3) is 0.623. The van der Waals surface area contributed by atoms with E-state index in [2.05, 4.69) is 111 Å². The first kappa shape index (κ1) is 57.4. The number of unbranched alkanes of at least 4 members (excludes halogenated alkanes) is 9. The molecule has 10 nitrogen and oxygen atoms in total. The van der Waals surface area contributed by atoms with Gasteiger partial charge in [-0.05, 0) is 89.9 Å². The van der Waals surface area contributed by atoms with Gasteiger partial charge in [-0.1, -0.05) is 162 Å². The Bertz CT molecular complexity index is 1390. The van der Waals surface area contributed by atoms with E-state index in [0.29, 0.717) is 12.8 Å². The normalized spacial score (nSPS) is 20.5. The number of aliphatic hydroxyl groups excluding tert-OH is 4. The van der Waals surface area contributed by atoms with E-state index in [9.17, 15) is 30.0 Å². The minimum Gasteiger partial charge on any atom is -0.462 e. The Morgan fingerprint density at radius 1 is 0.508 bits per heavy atom. The summed E-state index contributed by atoms with van der Waals surface area (Å²) in [6, 6.07) is 0. The lowest BCUT2D eigenvalue weighted by Gasteiger charge is -2.39. The van der Waals surface area contributed by atoms with Crippen LogP contribution in [-0.4, -0.2) is 89.0 Å². The topological polar surface area (TPSA) is 152 Å². The van der Waals surface area contributed by atoms with Crippen molar-refractivity contribution in [2.24, 2.45) is 0 Å². The van der Waals surface area contributed by atoms with Gasteiger partial charge in [-0.25, -0.2) is 0 Å². The number of carbonyl (C=O) groups excluding carboxylic acids is 2. The smallest absolute Gasteiger partial charge is 0.306 e. The summed E-state index contributed by atoms with van der Waals surface area (Å²) in [4.78, 5) is 25.4. The highest BCUT2D eigenvalue weighted by molar-refractivity contribution is 5.70. The SMILES string of the molecule is CC/C=C\C/C=C\C/C=C\C/C=C\C/C=C\C/C=C\CCC(=O)OC(COC(=O)CCCCCCCC/C=C\C/C=C\C/C=C\CCCCC)COC1OC(CO)C(O)C(O)C1O. The summed E-state index contributed by atoms with van der Waals surface area (Å²) in [6.45, 7) is 3.18. The van der Waals surface area contributed by atoms with Crippen molar-refractivity contribution in [3.05, 3.63) is 109 Å². The van der Waals surface area contributed by atoms with Gasteiger partial charge in [0, 0.05) is 12.8 Å². The second-order valence-electron chi connectivity index (χ2n) is 15.8. The van der Waals surface area contributed by atoms with Crippen molar-refractivity contribution in [2.75, 3.05) is 19.8 Å². The summed E-state index contributed by atoms with van der Waals surface area (Å²) >= 11 is 0. The molecular weight excluding hydrogens is 797 g/mol. The maximum atomic E-state index is 12.8. The summed E-state index contributed by atoms with van der Waals surface area (Å²) < 4.78 is 22.1. The summed E-state index contributed by atoms with van der Waals surface area (Å²) in [6.07, 6.45) is 51.0. The number of ether oxygens (including phenoxy) is 4. The van der Waals surface area contributed by atoms with Gasteiger partial charge in [-0.2, -0.15) is 0 Å². The van der Waals surface area contributed by atoms with Gasteiger partial charge in [-0.15, -0.1) is 0 Å². The van der Waals surface area contributed by atoms with Crippen molar-refractivity contribution < 1.29 is 49.0 Å². The zero-order valence-electron chi connectivity index (χ0n) is 38.8. The third-order valence-electron chi connectivity index (χ3n) is 10.2. The number of hydrogen-bond donors (Lipinski definition) is 4. The average molecular weight is 881 g/mol. The Balaban J connectivity index is 2.38. The van der Waals surface area contributed by atoms with Crippen LogP contribution >= 0.6 is 0 Å². The predicted molar refractivity (Wildman–Crippen MR) is 256 cm³/mol. The van der Waals surface area contributed by atoms with Crippen molar-refractivity contribution >= 4 is 11.9 Å². The Hall–Kier alpha value is -3.64. The van der Waals surface area contributed by atoms with Gasteiger partial charge < -0.3 is 39.4 Å². The molecule has 63 heavy (non-hydrogen) atoms. The predicted octanol–water partition coefficient (Wildman–Crippen LogP) is 10.9. The van der Waals surface area contributed by atoms with Crippen LogP contribution in [-0.2, 0) is 28.5 Å². The summed E-state index contributed by atoms with van der Waals surface area (Å²) in [7, 11) is 0. The minimum absolute atomic E-state index is 0.0949. The second kappa shape index (κ2) is 42.3. The minimum atomic E-state index is -1.62. The molecule has 4 N–H and O–H groups in total. The fourth-order valence-electron chi connectivity index (χ4n) is 6.40. The Labute approximate surface area is 380 Å². The van der Waals surface area contributed by atoms with E-state index >= 15 is 0 Å². The molecule has 0 radical (unpaired) electrons. The molecule has 0 aromatic carbocycles. The first-order valence-electron chi connectivity index (χ1n) is 24.0. The standard InChI is InChI=1S/C53H84O10/c1-3-5-7-9-11-13-15-17-19-21-23-25-27-29-31-33-35-37-39-41-48(55)60-44-46(45-61-53-52(59)51(58)50(57)47(43-54)63-53)62-49(56)42-40-38-36-34-32-30-28-26-24-22-20-18-16-14-12-10-8-6-4-2/h6,8,11-14,17-20,23-26,30,32,36,38,46-47,50-54,57-59H,3-5,7,9-10,15-16,21-22,27-29,31,33-35,37,39-45H2,1-2H3/b8-6-,13-11-,14-12-,19-17-,20-18-,25-23-,26-24-,32-30-,38-36-. The summed E-state index contributed by atoms with van der Waals surface area (Å²) in [5, 5.41) is 40.1. The lowest BCUT2D eigenvalue weighted by Crippen LogP contribution is -2.59. The zero-order valence-corrected chi connectivity index (χ0v) is 38.8. The van der Waals surface area contributed by atoms with Gasteiger partial charge in [0.25, 0.3) is 0 Å². The van der Waals surface area contributed by atoms with Crippen LogP contribution in [0.25, 0.3) is 0 Å². The molecule has 1 aliphatic heterocycles. The highest BCUT2D eigenvalue weighted by atomic mass is 16.7. The van der Waals surface area contributed by atoms with Crippen LogP contribution in [0, 0.1) is 0 Å². The van der Waals surface area contributed by atoms with Gasteiger partial charge in [0.15, 0.2) is 12.4 Å². The van der Waals surface area contributed by atoms with Gasteiger partial charge >= 0.3 is 11.9 Å². The lowest BCUT2D eigenvalue weighted by molar-refractivity contribution is -0.305. The van der Waals surface area contributed by atoms with Crippen LogP contribution in [0.15, 0.2) is 109 Å². The van der Waals surface area contributed by atoms with Crippen LogP contribution in [0.5, 0.6) is 0 Å². The Kier molecular flexibility index (Phi) is 38.5. The highest BCUT2D eigenvalue weighted by Crippen LogP contribution is 2.22. The number of rotatable bonds is 38. The molecule has 0 aromatic rings. The largest absolute Gasteiger partial charge is 0.462 e. The quantitative estimate of drug-likeness (QED) is 0.0268. The molecule has 1 aliphatic rings. The first-order valence-corrected chi connectivity index (χ1v) is 24.0. The molecule has 0 bridgehead atoms. The van der Waals surface area contributed by atoms with Gasteiger partial charge in [0.1, 0.15) is 31.0 Å². The van der Waals surface area contributed by atoms with Crippen molar-refractivity contribution in [3.63, 3.8) is 0 Å². The van der Waals surface area contributed by atoms with Crippen LogP contribution in [0.3, 0.4) is 0 Å². The lowest BCUT2D eigenvalue weighted by atomic mass is 9.99. The second-order valence-corrected chi connectivity index (χ2v) is 15.8. The Morgan fingerprint density at radius 3 is 1.48 bits per heavy atom. The fourth-order valence-corrected chi connectivity index (χ4v) is 6.40. The molecule has 1 saturated heterocycles. The van der Waals surface area contributed by atoms with E-state index < -0.39 is 55.4 Å². The molecule has 0 aromatic heterocycles. The van der Waals surface area contributed by atoms with Crippen LogP contribution in [0.4, 0.5) is 0 Å². The molecule has 6 unspecified atom stereocenters. The maximum absolute atomic E-state index is 12.8. The first-order chi connectivity index (χ1) is 30.8. The molecule has 0 amide bonds. The molecule has 6 atom stereocenters. The molecule has 1 heterocycles. The average Bonchev–Trinajstić information content (AvgIpc) is 3.28. The highest BCUT2D eigenvalue weighted by Gasteiger charge is 2.44. The molecule has 1 rings (SSSR count). The zero-order chi connectivity index (χ0) is 45.9. The number of carbonyl (C=O) groups is 2. The number of aliphatic hydroxyl groups is 4. The van der Waals surface area contributed by atoms with Gasteiger partial charge in [-0.3, -0.25) is 9.59 Å². The van der Waals surface area contributed by atoms with Crippen molar-refractivity contribution in [1.82, 2.24) is 0 Å². The summed E-state index contributed by atoms with van der Waals surface area (Å²) in [5.74, 6) is -0.930. The van der Waals surface area contributed by atoms with E-state index in [1.54, 1.807) is 0 Å². The molecule has 1 fully saturated rings. The van der Waals surface area contributed by atoms with E-state index in [1.807, 2.05) is 12.2 Å². The van der Waals surface area contributed by atoms with Crippen molar-refractivity contribution in [3.8, 4) is 0 Å². The third-order valence-corrected chi connectivity index (χ3v) is 10.2. The van der Waals surface area contributed by atoms with E-state index in [-0.39, 0.29) is 26.1 Å². The van der Waals surface area contributed by atoms with E-state index in [0.717, 1.165) is 89.9 Å². The molecular formula is C53H84O10. The number of esters is 2. The number of allylic oxidation sites excluding steroid dienone is 18.